The Morgan fingerprint density at radius 2 is 1.54 bits per heavy atom. The number of carbonyl (C=O) groups excluding carboxylic acids is 3. The lowest BCUT2D eigenvalue weighted by atomic mass is 9.96. The second-order valence-electron chi connectivity index (χ2n) is 6.54. The summed E-state index contributed by atoms with van der Waals surface area (Å²) in [6.07, 6.45) is 0. The van der Waals surface area contributed by atoms with Crippen LogP contribution in [0.25, 0.3) is 0 Å². The van der Waals surface area contributed by atoms with E-state index >= 15 is 0 Å². The molecule has 0 bridgehead atoms. The summed E-state index contributed by atoms with van der Waals surface area (Å²) in [5, 5.41) is 5.28. The second kappa shape index (κ2) is 8.47. The van der Waals surface area contributed by atoms with Crippen molar-refractivity contribution in [3.05, 3.63) is 29.8 Å². The number of rotatable bonds is 6. The largest absolute Gasteiger partial charge is 0.347 e. The molecule has 0 aliphatic rings. The number of hydrogen-bond donors (Lipinski definition) is 2. The zero-order valence-corrected chi connectivity index (χ0v) is 15.1. The first kappa shape index (κ1) is 19.7. The molecular formula is C18H27N3O3. The van der Waals surface area contributed by atoms with Crippen molar-refractivity contribution in [2.24, 2.45) is 5.41 Å². The summed E-state index contributed by atoms with van der Waals surface area (Å²) in [4.78, 5) is 37.5. The van der Waals surface area contributed by atoms with E-state index in [4.69, 9.17) is 0 Å². The summed E-state index contributed by atoms with van der Waals surface area (Å²) in [5.41, 5.74) is 0.631. The first-order valence-electron chi connectivity index (χ1n) is 8.16. The van der Waals surface area contributed by atoms with Crippen LogP contribution in [0, 0.1) is 5.41 Å². The van der Waals surface area contributed by atoms with E-state index in [2.05, 4.69) is 10.6 Å². The molecule has 0 aromatic heterocycles. The van der Waals surface area contributed by atoms with Crippen molar-refractivity contribution in [1.82, 2.24) is 10.2 Å². The average Bonchev–Trinajstić information content (AvgIpc) is 2.53. The molecule has 1 aromatic rings. The van der Waals surface area contributed by atoms with Crippen molar-refractivity contribution < 1.29 is 14.4 Å². The van der Waals surface area contributed by atoms with Crippen LogP contribution in [0.15, 0.2) is 24.3 Å². The zero-order valence-electron chi connectivity index (χ0n) is 15.1. The predicted molar refractivity (Wildman–Crippen MR) is 94.8 cm³/mol. The highest BCUT2D eigenvalue weighted by molar-refractivity contribution is 5.97. The highest BCUT2D eigenvalue weighted by Crippen LogP contribution is 2.13. The van der Waals surface area contributed by atoms with Crippen LogP contribution >= 0.6 is 0 Å². The Kier molecular flexibility index (Phi) is 6.95. The van der Waals surface area contributed by atoms with Gasteiger partial charge in [-0.3, -0.25) is 14.4 Å². The van der Waals surface area contributed by atoms with Crippen LogP contribution in [0.1, 0.15) is 45.0 Å². The summed E-state index contributed by atoms with van der Waals surface area (Å²) in [6.45, 7) is 10.4. The molecule has 0 heterocycles. The minimum atomic E-state index is -0.535. The molecule has 0 unspecified atom stereocenters. The van der Waals surface area contributed by atoms with E-state index in [9.17, 15) is 14.4 Å². The van der Waals surface area contributed by atoms with Crippen LogP contribution in [0.3, 0.4) is 0 Å². The average molecular weight is 333 g/mol. The van der Waals surface area contributed by atoms with Crippen molar-refractivity contribution in [3.8, 4) is 0 Å². The Bertz CT molecular complexity index is 585. The van der Waals surface area contributed by atoms with E-state index in [1.807, 2.05) is 13.8 Å². The quantitative estimate of drug-likeness (QED) is 0.838. The van der Waals surface area contributed by atoms with E-state index in [0.717, 1.165) is 0 Å². The van der Waals surface area contributed by atoms with Crippen molar-refractivity contribution in [1.29, 1.82) is 0 Å². The molecule has 1 rings (SSSR count). The summed E-state index contributed by atoms with van der Waals surface area (Å²) in [6, 6.07) is 6.73. The van der Waals surface area contributed by atoms with Gasteiger partial charge in [-0.15, -0.1) is 0 Å². The molecular weight excluding hydrogens is 306 g/mol. The van der Waals surface area contributed by atoms with Gasteiger partial charge in [-0.2, -0.15) is 0 Å². The number of nitrogens with one attached hydrogen (secondary N) is 2. The van der Waals surface area contributed by atoms with Gasteiger partial charge < -0.3 is 15.5 Å². The maximum absolute atomic E-state index is 12.2. The van der Waals surface area contributed by atoms with Gasteiger partial charge >= 0.3 is 0 Å². The Balaban J connectivity index is 2.59. The molecule has 0 saturated heterocycles. The molecule has 1 aromatic carbocycles. The van der Waals surface area contributed by atoms with E-state index in [1.54, 1.807) is 49.9 Å². The van der Waals surface area contributed by atoms with Gasteiger partial charge in [-0.25, -0.2) is 0 Å². The minimum Gasteiger partial charge on any atom is -0.347 e. The predicted octanol–water partition coefficient (Wildman–Crippen LogP) is 2.27. The van der Waals surface area contributed by atoms with Gasteiger partial charge in [-0.1, -0.05) is 20.8 Å². The minimum absolute atomic E-state index is 0.0321. The van der Waals surface area contributed by atoms with Gasteiger partial charge in [0, 0.05) is 29.8 Å². The van der Waals surface area contributed by atoms with E-state index in [0.29, 0.717) is 24.3 Å². The number of carbonyl (C=O) groups is 3. The topological polar surface area (TPSA) is 78.5 Å². The lowest BCUT2D eigenvalue weighted by Gasteiger charge is -2.19. The third-order valence-electron chi connectivity index (χ3n) is 3.56. The Labute approximate surface area is 143 Å². The lowest BCUT2D eigenvalue weighted by Crippen LogP contribution is -2.39. The lowest BCUT2D eigenvalue weighted by molar-refractivity contribution is -0.130. The number of anilines is 1. The maximum atomic E-state index is 12.2. The molecule has 3 amide bonds. The molecule has 132 valence electrons. The van der Waals surface area contributed by atoms with Crippen LogP contribution in [-0.4, -0.2) is 42.3 Å². The van der Waals surface area contributed by atoms with Crippen LogP contribution < -0.4 is 10.6 Å². The summed E-state index contributed by atoms with van der Waals surface area (Å²) < 4.78 is 0. The molecule has 2 N–H and O–H groups in total. The Hall–Kier alpha value is -2.37. The monoisotopic (exact) mass is 333 g/mol. The zero-order chi connectivity index (χ0) is 18.3. The van der Waals surface area contributed by atoms with E-state index < -0.39 is 5.41 Å². The Morgan fingerprint density at radius 3 is 2.00 bits per heavy atom. The Morgan fingerprint density at radius 1 is 1.00 bits per heavy atom. The molecule has 0 spiro atoms. The van der Waals surface area contributed by atoms with Crippen molar-refractivity contribution in [3.63, 3.8) is 0 Å². The molecule has 0 saturated carbocycles. The van der Waals surface area contributed by atoms with Gasteiger partial charge in [-0.05, 0) is 38.1 Å². The third kappa shape index (κ3) is 5.68. The highest BCUT2D eigenvalue weighted by Gasteiger charge is 2.21. The molecule has 0 aliphatic heterocycles. The van der Waals surface area contributed by atoms with Crippen molar-refractivity contribution in [2.75, 3.05) is 25.0 Å². The van der Waals surface area contributed by atoms with Crippen molar-refractivity contribution in [2.45, 2.75) is 34.6 Å². The van der Waals surface area contributed by atoms with Crippen LogP contribution in [0.5, 0.6) is 0 Å². The normalized spacial score (nSPS) is 10.9. The second-order valence-corrected chi connectivity index (χ2v) is 6.54. The molecule has 6 nitrogen and oxygen atoms in total. The SMILES string of the molecule is CCN(CC)C(=O)c1ccc(NC(=O)CNC(=O)C(C)(C)C)cc1. The van der Waals surface area contributed by atoms with Gasteiger partial charge in [0.15, 0.2) is 0 Å². The number of benzene rings is 1. The molecule has 6 heteroatoms. The third-order valence-corrected chi connectivity index (χ3v) is 3.56. The fourth-order valence-corrected chi connectivity index (χ4v) is 2.02. The van der Waals surface area contributed by atoms with Gasteiger partial charge in [0.05, 0.1) is 6.54 Å². The standard InChI is InChI=1S/C18H27N3O3/c1-6-21(7-2)16(23)13-8-10-14(11-9-13)20-15(22)12-19-17(24)18(3,4)5/h8-11H,6-7,12H2,1-5H3,(H,19,24)(H,20,22). The maximum Gasteiger partial charge on any atom is 0.253 e. The molecule has 24 heavy (non-hydrogen) atoms. The van der Waals surface area contributed by atoms with Gasteiger partial charge in [0.1, 0.15) is 0 Å². The van der Waals surface area contributed by atoms with Gasteiger partial charge in [0.25, 0.3) is 5.91 Å². The van der Waals surface area contributed by atoms with Crippen LogP contribution in [0.2, 0.25) is 0 Å². The molecule has 0 aliphatic carbocycles. The molecule has 0 atom stereocenters. The van der Waals surface area contributed by atoms with Crippen LogP contribution in [0.4, 0.5) is 5.69 Å². The molecule has 0 fully saturated rings. The van der Waals surface area contributed by atoms with E-state index in [-0.39, 0.29) is 24.3 Å². The number of amides is 3. The fraction of sp³-hybridized carbons (Fsp3) is 0.500. The van der Waals surface area contributed by atoms with Crippen molar-refractivity contribution >= 4 is 23.4 Å². The van der Waals surface area contributed by atoms with Crippen LogP contribution in [-0.2, 0) is 9.59 Å². The summed E-state index contributed by atoms with van der Waals surface area (Å²) in [5.74, 6) is -0.524. The van der Waals surface area contributed by atoms with Gasteiger partial charge in [0.2, 0.25) is 11.8 Å². The highest BCUT2D eigenvalue weighted by atomic mass is 16.2. The fourth-order valence-electron chi connectivity index (χ4n) is 2.02. The smallest absolute Gasteiger partial charge is 0.253 e. The number of nitrogens with zero attached hydrogens (tertiary/aromatic N) is 1. The van der Waals surface area contributed by atoms with E-state index in [1.165, 1.54) is 0 Å². The summed E-state index contributed by atoms with van der Waals surface area (Å²) >= 11 is 0. The molecule has 0 radical (unpaired) electrons. The number of hydrogen-bond acceptors (Lipinski definition) is 3. The first-order chi connectivity index (χ1) is 11.2. The first-order valence-corrected chi connectivity index (χ1v) is 8.16. The summed E-state index contributed by atoms with van der Waals surface area (Å²) in [7, 11) is 0.